The van der Waals surface area contributed by atoms with Gasteiger partial charge in [0.1, 0.15) is 0 Å². The minimum absolute atomic E-state index is 0.124. The van der Waals surface area contributed by atoms with Crippen molar-refractivity contribution in [2.75, 3.05) is 26.2 Å². The predicted molar refractivity (Wildman–Crippen MR) is 81.1 cm³/mol. The van der Waals surface area contributed by atoms with Crippen molar-refractivity contribution in [2.45, 2.75) is 58.4 Å². The van der Waals surface area contributed by atoms with Gasteiger partial charge in [0.05, 0.1) is 11.5 Å². The average molecular weight is 296 g/mol. The molecule has 1 unspecified atom stereocenters. The molecule has 1 amide bonds. The highest BCUT2D eigenvalue weighted by Gasteiger charge is 2.39. The van der Waals surface area contributed by atoms with E-state index in [4.69, 9.17) is 0 Å². The van der Waals surface area contributed by atoms with Gasteiger partial charge in [-0.05, 0) is 52.6 Å². The molecule has 1 atom stereocenters. The Labute approximate surface area is 127 Å². The van der Waals surface area contributed by atoms with Crippen LogP contribution in [-0.4, -0.2) is 59.0 Å². The summed E-state index contributed by atoms with van der Waals surface area (Å²) in [5.74, 6) is -0.496. The number of rotatable bonds is 3. The van der Waals surface area contributed by atoms with E-state index in [0.717, 1.165) is 25.9 Å². The first-order valence-electron chi connectivity index (χ1n) is 8.20. The van der Waals surface area contributed by atoms with Gasteiger partial charge in [0.25, 0.3) is 0 Å². The minimum atomic E-state index is -0.714. The molecule has 0 aromatic rings. The topological polar surface area (TPSA) is 60.9 Å². The molecule has 0 aliphatic carbocycles. The van der Waals surface area contributed by atoms with Gasteiger partial charge in [-0.1, -0.05) is 12.8 Å². The molecule has 0 radical (unpaired) electrons. The summed E-state index contributed by atoms with van der Waals surface area (Å²) in [6.45, 7) is 6.94. The van der Waals surface area contributed by atoms with E-state index in [1.807, 2.05) is 18.7 Å². The molecule has 0 aromatic heterocycles. The van der Waals surface area contributed by atoms with E-state index in [9.17, 15) is 14.7 Å². The lowest BCUT2D eigenvalue weighted by atomic mass is 9.80. The van der Waals surface area contributed by atoms with Crippen LogP contribution in [0.15, 0.2) is 0 Å². The van der Waals surface area contributed by atoms with E-state index >= 15 is 0 Å². The van der Waals surface area contributed by atoms with Gasteiger partial charge in [0, 0.05) is 13.1 Å². The molecule has 1 N–H and O–H groups in total. The molecule has 2 aliphatic rings. The van der Waals surface area contributed by atoms with Crippen molar-refractivity contribution in [2.24, 2.45) is 5.41 Å². The largest absolute Gasteiger partial charge is 0.481 e. The molecule has 0 aromatic carbocycles. The first-order valence-corrected chi connectivity index (χ1v) is 8.20. The van der Waals surface area contributed by atoms with Gasteiger partial charge in [0.15, 0.2) is 0 Å². The third-order valence-electron chi connectivity index (χ3n) is 5.24. The van der Waals surface area contributed by atoms with Crippen molar-refractivity contribution in [3.8, 4) is 0 Å². The maximum atomic E-state index is 12.6. The predicted octanol–water partition coefficient (Wildman–Crippen LogP) is 1.96. The Morgan fingerprint density at radius 2 is 1.52 bits per heavy atom. The van der Waals surface area contributed by atoms with E-state index in [0.29, 0.717) is 25.9 Å². The number of aliphatic carboxylic acids is 1. The van der Waals surface area contributed by atoms with Crippen LogP contribution >= 0.6 is 0 Å². The monoisotopic (exact) mass is 296 g/mol. The van der Waals surface area contributed by atoms with Crippen LogP contribution in [0.1, 0.15) is 52.4 Å². The molecular weight excluding hydrogens is 268 g/mol. The Bertz CT molecular complexity index is 381. The standard InChI is InChI=1S/C16H28N2O3/c1-13(14(19)18-9-5-3-4-6-10-18)17-11-7-16(2,8-12-17)15(20)21/h13H,3-12H2,1-2H3,(H,20,21). The van der Waals surface area contributed by atoms with Crippen LogP contribution in [0.25, 0.3) is 0 Å². The molecule has 2 heterocycles. The number of hydrogen-bond donors (Lipinski definition) is 1. The fourth-order valence-electron chi connectivity index (χ4n) is 3.33. The molecule has 5 nitrogen and oxygen atoms in total. The van der Waals surface area contributed by atoms with Crippen LogP contribution in [0.4, 0.5) is 0 Å². The van der Waals surface area contributed by atoms with Crippen molar-refractivity contribution in [3.63, 3.8) is 0 Å². The van der Waals surface area contributed by atoms with Crippen LogP contribution in [0.2, 0.25) is 0 Å². The van der Waals surface area contributed by atoms with E-state index < -0.39 is 11.4 Å². The molecule has 5 heteroatoms. The van der Waals surface area contributed by atoms with Crippen molar-refractivity contribution in [3.05, 3.63) is 0 Å². The zero-order valence-corrected chi connectivity index (χ0v) is 13.3. The summed E-state index contributed by atoms with van der Waals surface area (Å²) in [4.78, 5) is 28.0. The summed E-state index contributed by atoms with van der Waals surface area (Å²) in [5.41, 5.74) is -0.623. The lowest BCUT2D eigenvalue weighted by molar-refractivity contribution is -0.151. The number of piperidine rings is 1. The quantitative estimate of drug-likeness (QED) is 0.865. The number of hydrogen-bond acceptors (Lipinski definition) is 3. The molecule has 0 bridgehead atoms. The second-order valence-corrected chi connectivity index (χ2v) is 6.82. The average Bonchev–Trinajstić information content (AvgIpc) is 2.75. The van der Waals surface area contributed by atoms with Crippen LogP contribution in [0, 0.1) is 5.41 Å². The van der Waals surface area contributed by atoms with Gasteiger partial charge in [-0.25, -0.2) is 0 Å². The number of carboxylic acid groups (broad SMARTS) is 1. The lowest BCUT2D eigenvalue weighted by Gasteiger charge is -2.40. The summed E-state index contributed by atoms with van der Waals surface area (Å²) in [6, 6.07) is -0.124. The fourth-order valence-corrected chi connectivity index (χ4v) is 3.33. The van der Waals surface area contributed by atoms with Gasteiger partial charge in [-0.15, -0.1) is 0 Å². The normalized spacial score (nSPS) is 25.1. The van der Waals surface area contributed by atoms with Crippen LogP contribution in [0.5, 0.6) is 0 Å². The number of likely N-dealkylation sites (tertiary alicyclic amines) is 2. The minimum Gasteiger partial charge on any atom is -0.481 e. The number of nitrogens with zero attached hydrogens (tertiary/aromatic N) is 2. The molecule has 2 fully saturated rings. The maximum Gasteiger partial charge on any atom is 0.309 e. The highest BCUT2D eigenvalue weighted by Crippen LogP contribution is 2.32. The third kappa shape index (κ3) is 3.76. The summed E-state index contributed by atoms with van der Waals surface area (Å²) in [5, 5.41) is 9.27. The molecule has 2 rings (SSSR count). The lowest BCUT2D eigenvalue weighted by Crippen LogP contribution is -2.52. The van der Waals surface area contributed by atoms with E-state index in [1.165, 1.54) is 12.8 Å². The van der Waals surface area contributed by atoms with Gasteiger partial charge < -0.3 is 10.0 Å². The summed E-state index contributed by atoms with van der Waals surface area (Å²) in [6.07, 6.45) is 5.91. The van der Waals surface area contributed by atoms with Crippen LogP contribution in [0.3, 0.4) is 0 Å². The third-order valence-corrected chi connectivity index (χ3v) is 5.24. The first-order chi connectivity index (χ1) is 9.94. The second-order valence-electron chi connectivity index (χ2n) is 6.82. The van der Waals surface area contributed by atoms with Crippen molar-refractivity contribution in [1.29, 1.82) is 0 Å². The molecule has 0 saturated carbocycles. The Morgan fingerprint density at radius 3 is 2.00 bits per heavy atom. The van der Waals surface area contributed by atoms with Crippen molar-refractivity contribution in [1.82, 2.24) is 9.80 Å². The molecular formula is C16H28N2O3. The smallest absolute Gasteiger partial charge is 0.309 e. The van der Waals surface area contributed by atoms with Gasteiger partial charge in [0.2, 0.25) is 5.91 Å². The van der Waals surface area contributed by atoms with E-state index in [2.05, 4.69) is 4.90 Å². The Morgan fingerprint density at radius 1 is 1.00 bits per heavy atom. The molecule has 120 valence electrons. The summed E-state index contributed by atoms with van der Waals surface area (Å²) in [7, 11) is 0. The van der Waals surface area contributed by atoms with Gasteiger partial charge >= 0.3 is 5.97 Å². The Kier molecular flexibility index (Phi) is 5.25. The molecule has 2 saturated heterocycles. The first kappa shape index (κ1) is 16.3. The molecule has 2 aliphatic heterocycles. The highest BCUT2D eigenvalue weighted by atomic mass is 16.4. The van der Waals surface area contributed by atoms with E-state index in [1.54, 1.807) is 0 Å². The second kappa shape index (κ2) is 6.77. The van der Waals surface area contributed by atoms with Crippen molar-refractivity contribution < 1.29 is 14.7 Å². The summed E-state index contributed by atoms with van der Waals surface area (Å²) >= 11 is 0. The fraction of sp³-hybridized carbons (Fsp3) is 0.875. The SMILES string of the molecule is CC(C(=O)N1CCCCCC1)N1CCC(C)(C(=O)O)CC1. The summed E-state index contributed by atoms with van der Waals surface area (Å²) < 4.78 is 0. The highest BCUT2D eigenvalue weighted by molar-refractivity contribution is 5.81. The molecule has 0 spiro atoms. The maximum absolute atomic E-state index is 12.6. The number of carbonyl (C=O) groups is 2. The number of amides is 1. The Balaban J connectivity index is 1.90. The van der Waals surface area contributed by atoms with Crippen molar-refractivity contribution >= 4 is 11.9 Å². The molecule has 21 heavy (non-hydrogen) atoms. The number of carbonyl (C=O) groups excluding carboxylic acids is 1. The number of carboxylic acids is 1. The van der Waals surface area contributed by atoms with Crippen LogP contribution in [-0.2, 0) is 9.59 Å². The zero-order chi connectivity index (χ0) is 15.5. The van der Waals surface area contributed by atoms with Gasteiger partial charge in [-0.2, -0.15) is 0 Å². The Hall–Kier alpha value is -1.10. The van der Waals surface area contributed by atoms with E-state index in [-0.39, 0.29) is 11.9 Å². The zero-order valence-electron chi connectivity index (χ0n) is 13.3. The van der Waals surface area contributed by atoms with Crippen LogP contribution < -0.4 is 0 Å². The van der Waals surface area contributed by atoms with Gasteiger partial charge in [-0.3, -0.25) is 14.5 Å².